The number of pyridine rings is 1. The molecule has 0 aliphatic rings. The summed E-state index contributed by atoms with van der Waals surface area (Å²) in [7, 11) is 0. The number of aliphatic carboxylic acids is 1. The molecule has 1 aromatic heterocycles. The fourth-order valence-corrected chi connectivity index (χ4v) is 3.46. The molecular formula is C24H22ClN3O3. The van der Waals surface area contributed by atoms with E-state index in [9.17, 15) is 9.59 Å². The molecule has 0 spiro atoms. The summed E-state index contributed by atoms with van der Waals surface area (Å²) in [6.45, 7) is 1.48. The number of nitrogens with zero attached hydrogens (tertiary/aromatic N) is 1. The summed E-state index contributed by atoms with van der Waals surface area (Å²) in [5.74, 6) is -0.929. The van der Waals surface area contributed by atoms with E-state index < -0.39 is 5.97 Å². The number of fused-ring (bicyclic) bond motifs is 2. The van der Waals surface area contributed by atoms with Crippen LogP contribution in [0.5, 0.6) is 0 Å². The number of halogens is 1. The molecule has 0 bridgehead atoms. The average Bonchev–Trinajstić information content (AvgIpc) is 2.72. The Labute approximate surface area is 185 Å². The topological polar surface area (TPSA) is 91.3 Å². The molecule has 0 fully saturated rings. The van der Waals surface area contributed by atoms with Crippen LogP contribution in [0.3, 0.4) is 0 Å². The number of rotatable bonds is 6. The van der Waals surface area contributed by atoms with Gasteiger partial charge in [0.15, 0.2) is 0 Å². The van der Waals surface area contributed by atoms with Crippen LogP contribution in [0.25, 0.3) is 21.8 Å². The number of anilines is 3. The largest absolute Gasteiger partial charge is 0.481 e. The molecule has 6 nitrogen and oxygen atoms in total. The van der Waals surface area contributed by atoms with Crippen LogP contribution in [-0.4, -0.2) is 22.0 Å². The second-order valence-corrected chi connectivity index (χ2v) is 7.13. The number of aryl methyl sites for hydroxylation is 1. The van der Waals surface area contributed by atoms with Crippen LogP contribution in [0.4, 0.5) is 17.1 Å². The van der Waals surface area contributed by atoms with Crippen LogP contribution < -0.4 is 10.6 Å². The first kappa shape index (κ1) is 22.1. The standard InChI is InChI=1S/C24H21N3O3.ClH/c1-15(28)25-18-11-12-20-22(14-18)27-21-5-3-2-4-19(21)24(20)26-17-9-6-16(7-10-17)8-13-23(29)30;/h2-7,9-12,14H,8,13H2,1H3,(H,25,28)(H,26,27)(H,29,30);1H. The van der Waals surface area contributed by atoms with Gasteiger partial charge in [0, 0.05) is 35.5 Å². The van der Waals surface area contributed by atoms with Crippen molar-refractivity contribution in [3.05, 3.63) is 72.3 Å². The lowest BCUT2D eigenvalue weighted by Crippen LogP contribution is -2.05. The Morgan fingerprint density at radius 3 is 2.29 bits per heavy atom. The second kappa shape index (κ2) is 9.45. The number of para-hydroxylation sites is 1. The van der Waals surface area contributed by atoms with E-state index in [-0.39, 0.29) is 24.7 Å². The SMILES string of the molecule is CC(=O)Nc1ccc2c(Nc3ccc(CCC(=O)O)cc3)c3ccccc3nc2c1.Cl. The number of carboxylic acid groups (broad SMARTS) is 1. The third-order valence-corrected chi connectivity index (χ3v) is 4.85. The van der Waals surface area contributed by atoms with Gasteiger partial charge in [-0.1, -0.05) is 30.3 Å². The highest BCUT2D eigenvalue weighted by atomic mass is 35.5. The molecule has 31 heavy (non-hydrogen) atoms. The molecule has 1 heterocycles. The van der Waals surface area contributed by atoms with Crippen molar-refractivity contribution in [2.45, 2.75) is 19.8 Å². The number of aromatic nitrogens is 1. The number of amides is 1. The van der Waals surface area contributed by atoms with Gasteiger partial charge in [-0.25, -0.2) is 4.98 Å². The van der Waals surface area contributed by atoms with E-state index in [0.717, 1.165) is 38.7 Å². The van der Waals surface area contributed by atoms with E-state index in [1.165, 1.54) is 6.92 Å². The first-order valence-corrected chi connectivity index (χ1v) is 9.67. The molecule has 0 atom stereocenters. The third-order valence-electron chi connectivity index (χ3n) is 4.85. The van der Waals surface area contributed by atoms with Crippen molar-refractivity contribution in [1.29, 1.82) is 0 Å². The Morgan fingerprint density at radius 2 is 1.58 bits per heavy atom. The van der Waals surface area contributed by atoms with Crippen LogP contribution in [-0.2, 0) is 16.0 Å². The molecule has 1 amide bonds. The molecule has 0 saturated carbocycles. The molecule has 3 aromatic carbocycles. The highest BCUT2D eigenvalue weighted by Crippen LogP contribution is 2.34. The fourth-order valence-electron chi connectivity index (χ4n) is 3.46. The molecule has 4 rings (SSSR count). The number of carbonyl (C=O) groups excluding carboxylic acids is 1. The monoisotopic (exact) mass is 435 g/mol. The minimum Gasteiger partial charge on any atom is -0.481 e. The zero-order valence-corrected chi connectivity index (χ0v) is 17.7. The summed E-state index contributed by atoms with van der Waals surface area (Å²) in [6, 6.07) is 21.3. The van der Waals surface area contributed by atoms with Crippen molar-refractivity contribution in [1.82, 2.24) is 4.98 Å². The van der Waals surface area contributed by atoms with Gasteiger partial charge >= 0.3 is 5.97 Å². The Hall–Kier alpha value is -3.64. The molecule has 0 saturated heterocycles. The Morgan fingerprint density at radius 1 is 0.903 bits per heavy atom. The van der Waals surface area contributed by atoms with Crippen LogP contribution in [0.15, 0.2) is 66.7 Å². The molecule has 4 aromatic rings. The molecule has 3 N–H and O–H groups in total. The van der Waals surface area contributed by atoms with E-state index in [0.29, 0.717) is 12.1 Å². The van der Waals surface area contributed by atoms with Crippen molar-refractivity contribution < 1.29 is 14.7 Å². The molecule has 0 aliphatic carbocycles. The lowest BCUT2D eigenvalue weighted by atomic mass is 10.1. The van der Waals surface area contributed by atoms with Crippen LogP contribution in [0.2, 0.25) is 0 Å². The van der Waals surface area contributed by atoms with Crippen molar-refractivity contribution in [3.63, 3.8) is 0 Å². The molecular weight excluding hydrogens is 414 g/mol. The average molecular weight is 436 g/mol. The number of nitrogens with one attached hydrogen (secondary N) is 2. The minimum absolute atomic E-state index is 0. The summed E-state index contributed by atoms with van der Waals surface area (Å²) >= 11 is 0. The van der Waals surface area contributed by atoms with E-state index in [2.05, 4.69) is 10.6 Å². The van der Waals surface area contributed by atoms with Gasteiger partial charge in [-0.3, -0.25) is 9.59 Å². The summed E-state index contributed by atoms with van der Waals surface area (Å²) < 4.78 is 0. The predicted octanol–water partition coefficient (Wildman–Crippen LogP) is 5.53. The van der Waals surface area contributed by atoms with Crippen LogP contribution in [0.1, 0.15) is 18.9 Å². The summed E-state index contributed by atoms with van der Waals surface area (Å²) in [6.07, 6.45) is 0.617. The fraction of sp³-hybridized carbons (Fsp3) is 0.125. The van der Waals surface area contributed by atoms with Gasteiger partial charge in [0.25, 0.3) is 0 Å². The summed E-state index contributed by atoms with van der Waals surface area (Å²) in [5.41, 5.74) is 5.14. The molecule has 0 radical (unpaired) electrons. The van der Waals surface area contributed by atoms with E-state index in [1.54, 1.807) is 0 Å². The highest BCUT2D eigenvalue weighted by molar-refractivity contribution is 6.09. The highest BCUT2D eigenvalue weighted by Gasteiger charge is 2.11. The van der Waals surface area contributed by atoms with E-state index in [1.807, 2.05) is 66.7 Å². The third kappa shape index (κ3) is 5.10. The maximum Gasteiger partial charge on any atom is 0.303 e. The second-order valence-electron chi connectivity index (χ2n) is 7.13. The van der Waals surface area contributed by atoms with Crippen LogP contribution >= 0.6 is 12.4 Å². The smallest absolute Gasteiger partial charge is 0.303 e. The molecule has 0 aliphatic heterocycles. The maximum atomic E-state index is 11.4. The van der Waals surface area contributed by atoms with E-state index in [4.69, 9.17) is 10.1 Å². The predicted molar refractivity (Wildman–Crippen MR) is 126 cm³/mol. The lowest BCUT2D eigenvalue weighted by molar-refractivity contribution is -0.137. The van der Waals surface area contributed by atoms with Gasteiger partial charge in [-0.15, -0.1) is 12.4 Å². The van der Waals surface area contributed by atoms with Gasteiger partial charge in [-0.2, -0.15) is 0 Å². The summed E-state index contributed by atoms with van der Waals surface area (Å²) in [5, 5.41) is 17.1. The minimum atomic E-state index is -0.800. The normalized spacial score (nSPS) is 10.5. The zero-order valence-electron chi connectivity index (χ0n) is 16.9. The lowest BCUT2D eigenvalue weighted by Gasteiger charge is -2.14. The van der Waals surface area contributed by atoms with Gasteiger partial charge in [0.05, 0.1) is 16.7 Å². The first-order valence-electron chi connectivity index (χ1n) is 9.67. The van der Waals surface area contributed by atoms with Crippen molar-refractivity contribution >= 4 is 63.2 Å². The Bertz CT molecular complexity index is 1260. The van der Waals surface area contributed by atoms with Gasteiger partial charge < -0.3 is 15.7 Å². The number of hydrogen-bond acceptors (Lipinski definition) is 4. The van der Waals surface area contributed by atoms with Gasteiger partial charge in [0.1, 0.15) is 0 Å². The Kier molecular flexibility index (Phi) is 6.72. The first-order chi connectivity index (χ1) is 14.5. The molecule has 158 valence electrons. The molecule has 0 unspecified atom stereocenters. The van der Waals surface area contributed by atoms with E-state index >= 15 is 0 Å². The quantitative estimate of drug-likeness (QED) is 0.346. The van der Waals surface area contributed by atoms with Crippen molar-refractivity contribution in [3.8, 4) is 0 Å². The number of benzene rings is 3. The van der Waals surface area contributed by atoms with Crippen LogP contribution in [0, 0.1) is 0 Å². The molecule has 7 heteroatoms. The number of carboxylic acids is 1. The summed E-state index contributed by atoms with van der Waals surface area (Å²) in [4.78, 5) is 26.9. The maximum absolute atomic E-state index is 11.4. The van der Waals surface area contributed by atoms with Crippen molar-refractivity contribution in [2.24, 2.45) is 0 Å². The van der Waals surface area contributed by atoms with Gasteiger partial charge in [-0.05, 0) is 48.4 Å². The Balaban J connectivity index is 0.00000272. The van der Waals surface area contributed by atoms with Crippen molar-refractivity contribution in [2.75, 3.05) is 10.6 Å². The number of carbonyl (C=O) groups is 2. The number of hydrogen-bond donors (Lipinski definition) is 3. The van der Waals surface area contributed by atoms with Gasteiger partial charge in [0.2, 0.25) is 5.91 Å². The zero-order chi connectivity index (χ0) is 21.1.